The van der Waals surface area contributed by atoms with Gasteiger partial charge >= 0.3 is 17.9 Å². The molecule has 1 N–H and O–H groups in total. The van der Waals surface area contributed by atoms with Crippen LogP contribution in [-0.2, 0) is 9.53 Å². The zero-order valence-corrected chi connectivity index (χ0v) is 10.5. The van der Waals surface area contributed by atoms with E-state index in [-0.39, 0.29) is 5.56 Å². The fraction of sp³-hybridized carbons (Fsp3) is 0.200. The van der Waals surface area contributed by atoms with Crippen LogP contribution >= 0.6 is 22.6 Å². The lowest BCUT2D eigenvalue weighted by Crippen LogP contribution is -2.34. The fourth-order valence-corrected chi connectivity index (χ4v) is 1.46. The van der Waals surface area contributed by atoms with Crippen molar-refractivity contribution < 1.29 is 28.2 Å². The van der Waals surface area contributed by atoms with Gasteiger partial charge < -0.3 is 9.84 Å². The average Bonchev–Trinajstić information content (AvgIpc) is 2.25. The quantitative estimate of drug-likeness (QED) is 0.664. The summed E-state index contributed by atoms with van der Waals surface area (Å²) in [7, 11) is 0. The highest BCUT2D eigenvalue weighted by atomic mass is 127. The number of hydrogen-bond acceptors (Lipinski definition) is 3. The van der Waals surface area contributed by atoms with Gasteiger partial charge in [0.2, 0.25) is 0 Å². The standard InChI is InChI=1S/C10H7F2IO4/c11-10(12,9(15)16)5-17-8(14)6-2-1-3-7(13)4-6/h1-4H,5H2,(H,15,16). The topological polar surface area (TPSA) is 63.6 Å². The van der Waals surface area contributed by atoms with Gasteiger partial charge in [-0.15, -0.1) is 0 Å². The van der Waals surface area contributed by atoms with E-state index in [1.807, 2.05) is 22.6 Å². The van der Waals surface area contributed by atoms with Gasteiger partial charge in [-0.2, -0.15) is 8.78 Å². The molecule has 4 nitrogen and oxygen atoms in total. The van der Waals surface area contributed by atoms with Crippen LogP contribution in [0.15, 0.2) is 24.3 Å². The molecule has 0 aliphatic heterocycles. The largest absolute Gasteiger partial charge is 0.477 e. The molecule has 0 bridgehead atoms. The lowest BCUT2D eigenvalue weighted by Gasteiger charge is -2.11. The molecule has 0 aliphatic rings. The van der Waals surface area contributed by atoms with Gasteiger partial charge in [0.1, 0.15) is 0 Å². The van der Waals surface area contributed by atoms with Crippen molar-refractivity contribution in [2.75, 3.05) is 6.61 Å². The summed E-state index contributed by atoms with van der Waals surface area (Å²) in [5, 5.41) is 8.13. The van der Waals surface area contributed by atoms with Crippen molar-refractivity contribution in [1.29, 1.82) is 0 Å². The predicted octanol–water partition coefficient (Wildman–Crippen LogP) is 2.17. The molecule has 0 saturated carbocycles. The molecule has 0 heterocycles. The Morgan fingerprint density at radius 2 is 2.06 bits per heavy atom. The molecule has 0 spiro atoms. The van der Waals surface area contributed by atoms with Crippen LogP contribution in [0.3, 0.4) is 0 Å². The number of hydrogen-bond donors (Lipinski definition) is 1. The van der Waals surface area contributed by atoms with Gasteiger partial charge in [0.05, 0.1) is 5.56 Å². The second kappa shape index (κ2) is 5.39. The van der Waals surface area contributed by atoms with Gasteiger partial charge in [0.15, 0.2) is 6.61 Å². The van der Waals surface area contributed by atoms with Crippen LogP contribution in [0.4, 0.5) is 8.78 Å². The van der Waals surface area contributed by atoms with Crippen molar-refractivity contribution in [2.24, 2.45) is 0 Å². The van der Waals surface area contributed by atoms with E-state index in [1.165, 1.54) is 12.1 Å². The number of halogens is 3. The maximum atomic E-state index is 12.6. The molecule has 0 unspecified atom stereocenters. The van der Waals surface area contributed by atoms with Crippen LogP contribution in [0.25, 0.3) is 0 Å². The van der Waals surface area contributed by atoms with Crippen LogP contribution < -0.4 is 0 Å². The monoisotopic (exact) mass is 356 g/mol. The summed E-state index contributed by atoms with van der Waals surface area (Å²) in [4.78, 5) is 21.4. The van der Waals surface area contributed by atoms with Crippen molar-refractivity contribution in [3.05, 3.63) is 33.4 Å². The van der Waals surface area contributed by atoms with Gasteiger partial charge in [0, 0.05) is 3.57 Å². The smallest absolute Gasteiger partial charge is 0.378 e. The number of benzene rings is 1. The van der Waals surface area contributed by atoms with E-state index in [2.05, 4.69) is 4.74 Å². The average molecular weight is 356 g/mol. The minimum absolute atomic E-state index is 0.0955. The third kappa shape index (κ3) is 3.91. The third-order valence-corrected chi connectivity index (χ3v) is 2.43. The van der Waals surface area contributed by atoms with Crippen molar-refractivity contribution in [1.82, 2.24) is 0 Å². The fourth-order valence-electron chi connectivity index (χ4n) is 0.917. The van der Waals surface area contributed by atoms with Gasteiger partial charge in [-0.1, -0.05) is 6.07 Å². The molecule has 17 heavy (non-hydrogen) atoms. The molecule has 0 atom stereocenters. The van der Waals surface area contributed by atoms with Crippen molar-refractivity contribution in [3.63, 3.8) is 0 Å². The van der Waals surface area contributed by atoms with E-state index >= 15 is 0 Å². The second-order valence-electron chi connectivity index (χ2n) is 3.10. The normalized spacial score (nSPS) is 11.0. The summed E-state index contributed by atoms with van der Waals surface area (Å²) in [6, 6.07) is 6.11. The number of carboxylic acid groups (broad SMARTS) is 1. The van der Waals surface area contributed by atoms with E-state index < -0.39 is 24.5 Å². The summed E-state index contributed by atoms with van der Waals surface area (Å²) in [5.74, 6) is -7.38. The summed E-state index contributed by atoms with van der Waals surface area (Å²) in [5.41, 5.74) is 0.0955. The molecule has 0 radical (unpaired) electrons. The third-order valence-electron chi connectivity index (χ3n) is 1.76. The number of carboxylic acids is 1. The SMILES string of the molecule is O=C(OCC(F)(F)C(=O)O)c1cccc(I)c1. The Kier molecular flexibility index (Phi) is 4.38. The number of rotatable bonds is 4. The molecule has 0 fully saturated rings. The van der Waals surface area contributed by atoms with E-state index in [1.54, 1.807) is 12.1 Å². The first-order valence-electron chi connectivity index (χ1n) is 4.37. The zero-order valence-electron chi connectivity index (χ0n) is 8.32. The van der Waals surface area contributed by atoms with E-state index in [0.29, 0.717) is 0 Å². The van der Waals surface area contributed by atoms with Crippen LogP contribution in [0.5, 0.6) is 0 Å². The van der Waals surface area contributed by atoms with Crippen molar-refractivity contribution in [3.8, 4) is 0 Å². The van der Waals surface area contributed by atoms with Crippen LogP contribution in [0.2, 0.25) is 0 Å². The molecule has 0 aromatic heterocycles. The second-order valence-corrected chi connectivity index (χ2v) is 4.34. The highest BCUT2D eigenvalue weighted by Crippen LogP contribution is 2.15. The molecule has 0 aliphatic carbocycles. The maximum Gasteiger partial charge on any atom is 0.378 e. The molecule has 1 aromatic carbocycles. The molecular weight excluding hydrogens is 349 g/mol. The molecular formula is C10H7F2IO4. The number of ether oxygens (including phenoxy) is 1. The van der Waals surface area contributed by atoms with Crippen molar-refractivity contribution >= 4 is 34.5 Å². The minimum Gasteiger partial charge on any atom is -0.477 e. The van der Waals surface area contributed by atoms with Crippen molar-refractivity contribution in [2.45, 2.75) is 5.92 Å². The Bertz CT molecular complexity index is 448. The summed E-state index contributed by atoms with van der Waals surface area (Å²) < 4.78 is 30.2. The van der Waals surface area contributed by atoms with E-state index in [9.17, 15) is 18.4 Å². The maximum absolute atomic E-state index is 12.6. The molecule has 7 heteroatoms. The summed E-state index contributed by atoms with van der Waals surface area (Å²) in [6.45, 7) is -1.48. The Morgan fingerprint density at radius 1 is 1.41 bits per heavy atom. The van der Waals surface area contributed by atoms with Gasteiger partial charge in [-0.3, -0.25) is 0 Å². The molecule has 0 saturated heterocycles. The van der Waals surface area contributed by atoms with E-state index in [0.717, 1.165) is 3.57 Å². The Morgan fingerprint density at radius 3 is 2.59 bits per heavy atom. The summed E-state index contributed by atoms with van der Waals surface area (Å²) >= 11 is 1.94. The lowest BCUT2D eigenvalue weighted by atomic mass is 10.2. The van der Waals surface area contributed by atoms with E-state index in [4.69, 9.17) is 5.11 Å². The number of carbonyl (C=O) groups is 2. The number of alkyl halides is 2. The van der Waals surface area contributed by atoms with Gasteiger partial charge in [0.25, 0.3) is 0 Å². The van der Waals surface area contributed by atoms with Crippen LogP contribution in [-0.4, -0.2) is 29.6 Å². The number of carbonyl (C=O) groups excluding carboxylic acids is 1. The first-order valence-corrected chi connectivity index (χ1v) is 5.45. The molecule has 92 valence electrons. The Hall–Kier alpha value is -1.25. The van der Waals surface area contributed by atoms with Gasteiger partial charge in [-0.05, 0) is 40.8 Å². The zero-order chi connectivity index (χ0) is 13.1. The number of aliphatic carboxylic acids is 1. The van der Waals surface area contributed by atoms with Gasteiger partial charge in [-0.25, -0.2) is 9.59 Å². The molecule has 1 rings (SSSR count). The Labute approximate surface area is 109 Å². The first-order chi connectivity index (χ1) is 7.83. The Balaban J connectivity index is 2.65. The van der Waals surface area contributed by atoms with Crippen LogP contribution in [0, 0.1) is 3.57 Å². The first kappa shape index (κ1) is 13.8. The number of esters is 1. The highest BCUT2D eigenvalue weighted by Gasteiger charge is 2.40. The molecule has 0 amide bonds. The summed E-state index contributed by atoms with van der Waals surface area (Å²) in [6.07, 6.45) is 0. The lowest BCUT2D eigenvalue weighted by molar-refractivity contribution is -0.170. The minimum atomic E-state index is -4.07. The highest BCUT2D eigenvalue weighted by molar-refractivity contribution is 14.1. The molecule has 1 aromatic rings. The van der Waals surface area contributed by atoms with Crippen LogP contribution in [0.1, 0.15) is 10.4 Å². The predicted molar refractivity (Wildman–Crippen MR) is 62.0 cm³/mol.